The minimum atomic E-state index is -4.78. The Morgan fingerprint density at radius 1 is 1.08 bits per heavy atom. The van der Waals surface area contributed by atoms with Crippen molar-refractivity contribution in [2.24, 2.45) is 7.05 Å². The number of nitrogens with zero attached hydrogens (tertiary/aromatic N) is 6. The van der Waals surface area contributed by atoms with E-state index in [0.29, 0.717) is 54.0 Å². The van der Waals surface area contributed by atoms with Gasteiger partial charge < -0.3 is 9.30 Å². The fourth-order valence-corrected chi connectivity index (χ4v) is 4.03. The molecule has 0 saturated carbocycles. The van der Waals surface area contributed by atoms with E-state index in [2.05, 4.69) is 26.7 Å². The largest absolute Gasteiger partial charge is 0.573 e. The highest BCUT2D eigenvalue weighted by Crippen LogP contribution is 2.23. The molecule has 0 aliphatic rings. The lowest BCUT2D eigenvalue weighted by Crippen LogP contribution is -2.40. The van der Waals surface area contributed by atoms with Crippen LogP contribution in [0.5, 0.6) is 5.75 Å². The van der Waals surface area contributed by atoms with Gasteiger partial charge in [0.05, 0.1) is 11.8 Å². The molecule has 0 atom stereocenters. The average Bonchev–Trinajstić information content (AvgIpc) is 3.43. The molecule has 0 bridgehead atoms. The Morgan fingerprint density at radius 3 is 2.51 bits per heavy atom. The molecule has 0 fully saturated rings. The van der Waals surface area contributed by atoms with Gasteiger partial charge in [-0.05, 0) is 31.0 Å². The lowest BCUT2D eigenvalue weighted by Gasteiger charge is -2.10. The highest BCUT2D eigenvalue weighted by Gasteiger charge is 2.31. The van der Waals surface area contributed by atoms with Crippen LogP contribution in [0.25, 0.3) is 22.6 Å². The maximum atomic E-state index is 13.1. The molecule has 1 aromatic carbocycles. The summed E-state index contributed by atoms with van der Waals surface area (Å²) in [5, 5.41) is 4.28. The summed E-state index contributed by atoms with van der Waals surface area (Å²) in [6.07, 6.45) is -0.154. The number of alkyl halides is 3. The zero-order valence-electron chi connectivity index (χ0n) is 20.5. The number of hydrogen-bond donors (Lipinski definition) is 0. The minimum absolute atomic E-state index is 0.165. The van der Waals surface area contributed by atoms with Crippen molar-refractivity contribution in [3.05, 3.63) is 63.1 Å². The molecule has 0 aliphatic carbocycles. The second kappa shape index (κ2) is 10.4. The SMILES string of the molecule is CCCn1c(=O)c2c(nc(-c3cnn(CC#Cc4cccc(OC(F)(F)F)c4)c3)n2C)n(CCC)c1=O. The summed E-state index contributed by atoms with van der Waals surface area (Å²) in [5.74, 6) is 5.79. The van der Waals surface area contributed by atoms with Gasteiger partial charge in [-0.1, -0.05) is 31.8 Å². The van der Waals surface area contributed by atoms with Gasteiger partial charge in [-0.3, -0.25) is 18.6 Å². The van der Waals surface area contributed by atoms with E-state index in [-0.39, 0.29) is 23.5 Å². The quantitative estimate of drug-likeness (QED) is 0.352. The molecule has 0 saturated heterocycles. The summed E-state index contributed by atoms with van der Waals surface area (Å²) in [5.41, 5.74) is 0.895. The first-order valence-electron chi connectivity index (χ1n) is 11.7. The summed E-state index contributed by atoms with van der Waals surface area (Å²) in [4.78, 5) is 30.7. The first kappa shape index (κ1) is 25.8. The van der Waals surface area contributed by atoms with E-state index in [1.165, 1.54) is 27.3 Å². The van der Waals surface area contributed by atoms with E-state index < -0.39 is 6.36 Å². The average molecular weight is 515 g/mol. The van der Waals surface area contributed by atoms with Crippen molar-refractivity contribution in [3.8, 4) is 29.0 Å². The Hall–Kier alpha value is -4.27. The Morgan fingerprint density at radius 2 is 1.81 bits per heavy atom. The van der Waals surface area contributed by atoms with Crippen LogP contribution in [0.3, 0.4) is 0 Å². The molecular weight excluding hydrogens is 489 g/mol. The van der Waals surface area contributed by atoms with Gasteiger partial charge in [0.2, 0.25) is 0 Å². The zero-order chi connectivity index (χ0) is 26.7. The predicted molar refractivity (Wildman–Crippen MR) is 131 cm³/mol. The topological polar surface area (TPSA) is 88.9 Å². The Balaban J connectivity index is 1.64. The summed E-state index contributed by atoms with van der Waals surface area (Å²) in [6, 6.07) is 5.41. The normalized spacial score (nSPS) is 11.5. The van der Waals surface area contributed by atoms with E-state index in [0.717, 1.165) is 0 Å². The monoisotopic (exact) mass is 514 g/mol. The molecule has 0 radical (unpaired) electrons. The van der Waals surface area contributed by atoms with Crippen molar-refractivity contribution in [2.45, 2.75) is 52.7 Å². The second-order valence-corrected chi connectivity index (χ2v) is 8.36. The fraction of sp³-hybridized carbons (Fsp3) is 0.360. The summed E-state index contributed by atoms with van der Waals surface area (Å²) < 4.78 is 47.2. The van der Waals surface area contributed by atoms with Crippen LogP contribution in [-0.2, 0) is 26.7 Å². The summed E-state index contributed by atoms with van der Waals surface area (Å²) in [7, 11) is 1.72. The lowest BCUT2D eigenvalue weighted by atomic mass is 10.2. The molecule has 0 aliphatic heterocycles. The zero-order valence-corrected chi connectivity index (χ0v) is 20.5. The maximum Gasteiger partial charge on any atom is 0.573 e. The van der Waals surface area contributed by atoms with Crippen molar-refractivity contribution in [3.63, 3.8) is 0 Å². The van der Waals surface area contributed by atoms with E-state index in [1.807, 2.05) is 13.8 Å². The minimum Gasteiger partial charge on any atom is -0.406 e. The number of aryl methyl sites for hydroxylation is 2. The molecule has 3 aromatic heterocycles. The van der Waals surface area contributed by atoms with Crippen molar-refractivity contribution in [1.82, 2.24) is 28.5 Å². The summed E-state index contributed by atoms with van der Waals surface area (Å²) >= 11 is 0. The van der Waals surface area contributed by atoms with Crippen molar-refractivity contribution in [1.29, 1.82) is 0 Å². The van der Waals surface area contributed by atoms with Gasteiger partial charge in [-0.2, -0.15) is 5.10 Å². The fourth-order valence-electron chi connectivity index (χ4n) is 4.03. The Bertz CT molecular complexity index is 1620. The number of rotatable bonds is 7. The van der Waals surface area contributed by atoms with Crippen LogP contribution in [0.2, 0.25) is 0 Å². The van der Waals surface area contributed by atoms with Crippen molar-refractivity contribution >= 4 is 11.2 Å². The number of imidazole rings is 1. The van der Waals surface area contributed by atoms with Crippen LogP contribution in [0.1, 0.15) is 32.3 Å². The Kier molecular flexibility index (Phi) is 7.24. The van der Waals surface area contributed by atoms with E-state index in [9.17, 15) is 22.8 Å². The molecule has 0 unspecified atom stereocenters. The molecule has 0 amide bonds. The molecule has 0 spiro atoms. The van der Waals surface area contributed by atoms with Gasteiger partial charge in [-0.15, -0.1) is 13.2 Å². The van der Waals surface area contributed by atoms with Crippen LogP contribution in [-0.4, -0.2) is 34.8 Å². The third kappa shape index (κ3) is 5.45. The first-order valence-corrected chi connectivity index (χ1v) is 11.7. The van der Waals surface area contributed by atoms with E-state index in [4.69, 9.17) is 0 Å². The number of benzene rings is 1. The molecule has 4 aromatic rings. The van der Waals surface area contributed by atoms with E-state index in [1.54, 1.807) is 34.8 Å². The van der Waals surface area contributed by atoms with Crippen LogP contribution < -0.4 is 16.0 Å². The highest BCUT2D eigenvalue weighted by atomic mass is 19.4. The second-order valence-electron chi connectivity index (χ2n) is 8.36. The molecule has 4 rings (SSSR count). The van der Waals surface area contributed by atoms with Gasteiger partial charge in [-0.25, -0.2) is 9.78 Å². The standard InChI is InChI=1S/C25H25F3N6O3/c1-4-11-33-22-20(23(35)34(12-5-2)24(33)36)31(3)21(30-22)18-15-29-32(16-18)13-7-9-17-8-6-10-19(14-17)37-25(26,27)28/h6,8,10,14-16H,4-5,11-13H2,1-3H3. The van der Waals surface area contributed by atoms with Gasteiger partial charge >= 0.3 is 12.1 Å². The summed E-state index contributed by atoms with van der Waals surface area (Å²) in [6.45, 7) is 4.76. The van der Waals surface area contributed by atoms with E-state index >= 15 is 0 Å². The molecule has 37 heavy (non-hydrogen) atoms. The molecule has 3 heterocycles. The Labute approximate surface area is 209 Å². The number of aromatic nitrogens is 6. The van der Waals surface area contributed by atoms with Crippen LogP contribution in [0.4, 0.5) is 13.2 Å². The van der Waals surface area contributed by atoms with Crippen LogP contribution in [0, 0.1) is 11.8 Å². The predicted octanol–water partition coefficient (Wildman–Crippen LogP) is 3.53. The molecule has 194 valence electrons. The molecular formula is C25H25F3N6O3. The van der Waals surface area contributed by atoms with Gasteiger partial charge in [0.25, 0.3) is 5.56 Å². The maximum absolute atomic E-state index is 13.1. The van der Waals surface area contributed by atoms with Gasteiger partial charge in [0.1, 0.15) is 18.1 Å². The van der Waals surface area contributed by atoms with Gasteiger partial charge in [0, 0.05) is 31.9 Å². The highest BCUT2D eigenvalue weighted by molar-refractivity contribution is 5.76. The molecule has 9 nitrogen and oxygen atoms in total. The molecule has 0 N–H and O–H groups in total. The van der Waals surface area contributed by atoms with Gasteiger partial charge in [0.15, 0.2) is 11.2 Å². The lowest BCUT2D eigenvalue weighted by molar-refractivity contribution is -0.274. The van der Waals surface area contributed by atoms with Crippen LogP contribution >= 0.6 is 0 Å². The first-order chi connectivity index (χ1) is 17.6. The van der Waals surface area contributed by atoms with Crippen molar-refractivity contribution in [2.75, 3.05) is 0 Å². The number of hydrogen-bond acceptors (Lipinski definition) is 5. The third-order valence-electron chi connectivity index (χ3n) is 5.57. The smallest absolute Gasteiger partial charge is 0.406 e. The number of fused-ring (bicyclic) bond motifs is 1. The number of halogens is 3. The van der Waals surface area contributed by atoms with Crippen molar-refractivity contribution < 1.29 is 17.9 Å². The molecule has 12 heteroatoms. The number of ether oxygens (including phenoxy) is 1. The third-order valence-corrected chi connectivity index (χ3v) is 5.57. The van der Waals surface area contributed by atoms with Crippen LogP contribution in [0.15, 0.2) is 46.2 Å².